The number of rotatable bonds is 11. The molecule has 190 valence electrons. The minimum absolute atomic E-state index is 0.159. The summed E-state index contributed by atoms with van der Waals surface area (Å²) in [5, 5.41) is 9.97. The molecule has 4 heteroatoms. The molecule has 4 nitrogen and oxygen atoms in total. The smallest absolute Gasteiger partial charge is 0.126 e. The largest absolute Gasteiger partial charge is 0.508 e. The first-order valence-corrected chi connectivity index (χ1v) is 13.7. The highest BCUT2D eigenvalue weighted by atomic mass is 16.5. The lowest BCUT2D eigenvalue weighted by Gasteiger charge is -2.34. The summed E-state index contributed by atoms with van der Waals surface area (Å²) >= 11 is 0. The van der Waals surface area contributed by atoms with Crippen molar-refractivity contribution in [2.45, 2.75) is 56.8 Å². The van der Waals surface area contributed by atoms with Gasteiger partial charge < -0.3 is 19.5 Å². The van der Waals surface area contributed by atoms with Crippen LogP contribution in [0.25, 0.3) is 0 Å². The summed E-state index contributed by atoms with van der Waals surface area (Å²) in [7, 11) is 0. The van der Waals surface area contributed by atoms with E-state index in [9.17, 15) is 5.11 Å². The van der Waals surface area contributed by atoms with E-state index in [1.54, 1.807) is 12.1 Å². The lowest BCUT2D eigenvalue weighted by molar-refractivity contribution is 0.247. The molecule has 2 heterocycles. The molecule has 0 aliphatic carbocycles. The SMILES string of the molecule is Oc1ccc2c(c1)OCC(c1ccccc1)C2c1ccc(OCCCCCCCN2CCCC2)cc1. The number of likely N-dealkylation sites (tertiary alicyclic amines) is 1. The number of aromatic hydroxyl groups is 1. The Hall–Kier alpha value is -2.98. The Morgan fingerprint density at radius 1 is 0.806 bits per heavy atom. The van der Waals surface area contributed by atoms with Crippen LogP contribution in [0.15, 0.2) is 72.8 Å². The Bertz CT molecular complexity index is 1080. The number of nitrogens with zero attached hydrogens (tertiary/aromatic N) is 1. The van der Waals surface area contributed by atoms with Crippen molar-refractivity contribution < 1.29 is 14.6 Å². The zero-order valence-electron chi connectivity index (χ0n) is 21.3. The molecule has 3 aromatic rings. The number of hydrogen-bond acceptors (Lipinski definition) is 4. The van der Waals surface area contributed by atoms with Crippen LogP contribution in [0.3, 0.4) is 0 Å². The monoisotopic (exact) mass is 485 g/mol. The highest BCUT2D eigenvalue weighted by Crippen LogP contribution is 2.47. The van der Waals surface area contributed by atoms with Crippen molar-refractivity contribution in [3.8, 4) is 17.2 Å². The minimum Gasteiger partial charge on any atom is -0.508 e. The van der Waals surface area contributed by atoms with E-state index in [0.717, 1.165) is 30.1 Å². The van der Waals surface area contributed by atoms with Crippen molar-refractivity contribution in [2.75, 3.05) is 32.8 Å². The second-order valence-electron chi connectivity index (χ2n) is 10.3. The zero-order valence-corrected chi connectivity index (χ0v) is 21.3. The van der Waals surface area contributed by atoms with Crippen LogP contribution < -0.4 is 9.47 Å². The average Bonchev–Trinajstić information content (AvgIpc) is 3.44. The van der Waals surface area contributed by atoms with Crippen LogP contribution in [-0.4, -0.2) is 42.9 Å². The summed E-state index contributed by atoms with van der Waals surface area (Å²) in [5.41, 5.74) is 3.62. The van der Waals surface area contributed by atoms with Crippen LogP contribution in [0, 0.1) is 0 Å². The van der Waals surface area contributed by atoms with Gasteiger partial charge in [0.1, 0.15) is 17.2 Å². The molecule has 1 fully saturated rings. The van der Waals surface area contributed by atoms with E-state index < -0.39 is 0 Å². The van der Waals surface area contributed by atoms with E-state index in [1.165, 1.54) is 69.3 Å². The topological polar surface area (TPSA) is 41.9 Å². The molecule has 2 atom stereocenters. The molecule has 2 aliphatic heterocycles. The lowest BCUT2D eigenvalue weighted by atomic mass is 9.76. The van der Waals surface area contributed by atoms with Crippen molar-refractivity contribution in [1.82, 2.24) is 4.90 Å². The molecule has 2 aliphatic rings. The maximum atomic E-state index is 9.97. The third kappa shape index (κ3) is 6.22. The zero-order chi connectivity index (χ0) is 24.6. The lowest BCUT2D eigenvalue weighted by Crippen LogP contribution is -2.25. The highest BCUT2D eigenvalue weighted by Gasteiger charge is 2.33. The molecule has 0 spiro atoms. The summed E-state index contributed by atoms with van der Waals surface area (Å²) < 4.78 is 12.2. The van der Waals surface area contributed by atoms with Gasteiger partial charge in [0.2, 0.25) is 0 Å². The van der Waals surface area contributed by atoms with E-state index in [2.05, 4.69) is 59.5 Å². The molecule has 0 amide bonds. The molecule has 0 bridgehead atoms. The maximum absolute atomic E-state index is 9.97. The van der Waals surface area contributed by atoms with Gasteiger partial charge in [-0.2, -0.15) is 0 Å². The van der Waals surface area contributed by atoms with E-state index in [-0.39, 0.29) is 17.6 Å². The number of unbranched alkanes of at least 4 members (excludes halogenated alkanes) is 4. The van der Waals surface area contributed by atoms with Crippen molar-refractivity contribution in [3.63, 3.8) is 0 Å². The molecular weight excluding hydrogens is 446 g/mol. The predicted octanol–water partition coefficient (Wildman–Crippen LogP) is 7.13. The standard InChI is InChI=1S/C32H39NO3/c34-27-15-18-29-31(23-27)36-24-30(25-11-5-4-6-12-25)32(29)26-13-16-28(17-14-26)35-22-10-3-1-2-7-19-33-20-8-9-21-33/h4-6,11-18,23,30,32,34H,1-3,7-10,19-22,24H2. The fourth-order valence-corrected chi connectivity index (χ4v) is 5.73. The molecule has 2 unspecified atom stereocenters. The summed E-state index contributed by atoms with van der Waals surface area (Å²) in [4.78, 5) is 2.61. The Balaban J connectivity index is 1.15. The number of benzene rings is 3. The van der Waals surface area contributed by atoms with Gasteiger partial charge in [0.05, 0.1) is 13.2 Å². The van der Waals surface area contributed by atoms with Gasteiger partial charge in [0.15, 0.2) is 0 Å². The molecule has 1 saturated heterocycles. The summed E-state index contributed by atoms with van der Waals surface area (Å²) in [6, 6.07) is 24.6. The van der Waals surface area contributed by atoms with E-state index in [0.29, 0.717) is 6.61 Å². The first-order chi connectivity index (χ1) is 17.8. The number of phenolic OH excluding ortho intramolecular Hbond substituents is 1. The fourth-order valence-electron chi connectivity index (χ4n) is 5.73. The molecule has 0 saturated carbocycles. The normalized spacial score (nSPS) is 19.6. The van der Waals surface area contributed by atoms with Crippen LogP contribution in [0.1, 0.15) is 73.5 Å². The van der Waals surface area contributed by atoms with Crippen LogP contribution in [0.2, 0.25) is 0 Å². The molecule has 1 N–H and O–H groups in total. The quantitative estimate of drug-likeness (QED) is 0.294. The second-order valence-corrected chi connectivity index (χ2v) is 10.3. The van der Waals surface area contributed by atoms with Gasteiger partial charge in [-0.05, 0) is 74.6 Å². The van der Waals surface area contributed by atoms with E-state index >= 15 is 0 Å². The number of phenols is 1. The van der Waals surface area contributed by atoms with Crippen molar-refractivity contribution >= 4 is 0 Å². The molecule has 0 radical (unpaired) electrons. The first-order valence-electron chi connectivity index (χ1n) is 13.7. The highest BCUT2D eigenvalue weighted by molar-refractivity contribution is 5.50. The molecule has 0 aromatic heterocycles. The van der Waals surface area contributed by atoms with Crippen LogP contribution in [0.4, 0.5) is 0 Å². The first kappa shape index (κ1) is 24.7. The fraction of sp³-hybridized carbons (Fsp3) is 0.438. The van der Waals surface area contributed by atoms with Gasteiger partial charge >= 0.3 is 0 Å². The molecule has 36 heavy (non-hydrogen) atoms. The third-order valence-electron chi connectivity index (χ3n) is 7.71. The maximum Gasteiger partial charge on any atom is 0.126 e. The Morgan fingerprint density at radius 3 is 2.36 bits per heavy atom. The molecular formula is C32H39NO3. The van der Waals surface area contributed by atoms with Crippen molar-refractivity contribution in [1.29, 1.82) is 0 Å². The predicted molar refractivity (Wildman–Crippen MR) is 145 cm³/mol. The molecule has 5 rings (SSSR count). The Kier molecular flexibility index (Phi) is 8.45. The Morgan fingerprint density at radius 2 is 1.56 bits per heavy atom. The number of ether oxygens (including phenoxy) is 2. The number of fused-ring (bicyclic) bond motifs is 1. The van der Waals surface area contributed by atoms with Crippen LogP contribution in [0.5, 0.6) is 17.2 Å². The van der Waals surface area contributed by atoms with Gasteiger partial charge in [0, 0.05) is 23.5 Å². The summed E-state index contributed by atoms with van der Waals surface area (Å²) in [5.74, 6) is 2.31. The van der Waals surface area contributed by atoms with Gasteiger partial charge in [-0.1, -0.05) is 67.8 Å². The van der Waals surface area contributed by atoms with Gasteiger partial charge in [-0.15, -0.1) is 0 Å². The van der Waals surface area contributed by atoms with Crippen molar-refractivity contribution in [2.24, 2.45) is 0 Å². The average molecular weight is 486 g/mol. The summed E-state index contributed by atoms with van der Waals surface area (Å²) in [6.07, 6.45) is 9.09. The van der Waals surface area contributed by atoms with Crippen molar-refractivity contribution in [3.05, 3.63) is 89.5 Å². The van der Waals surface area contributed by atoms with Crippen LogP contribution >= 0.6 is 0 Å². The van der Waals surface area contributed by atoms with Crippen LogP contribution in [-0.2, 0) is 0 Å². The Labute approximate surface area is 215 Å². The molecule has 3 aromatic carbocycles. The summed E-state index contributed by atoms with van der Waals surface area (Å²) in [6.45, 7) is 5.26. The van der Waals surface area contributed by atoms with Gasteiger partial charge in [0.25, 0.3) is 0 Å². The second kappa shape index (κ2) is 12.3. The van der Waals surface area contributed by atoms with Gasteiger partial charge in [-0.3, -0.25) is 0 Å². The van der Waals surface area contributed by atoms with E-state index in [1.807, 2.05) is 6.07 Å². The minimum atomic E-state index is 0.159. The van der Waals surface area contributed by atoms with E-state index in [4.69, 9.17) is 9.47 Å². The number of hydrogen-bond donors (Lipinski definition) is 1. The third-order valence-corrected chi connectivity index (χ3v) is 7.71. The van der Waals surface area contributed by atoms with Gasteiger partial charge in [-0.25, -0.2) is 0 Å².